The summed E-state index contributed by atoms with van der Waals surface area (Å²) in [7, 11) is -3.18. The van der Waals surface area contributed by atoms with Crippen molar-refractivity contribution in [3.05, 3.63) is 29.8 Å². The van der Waals surface area contributed by atoms with Gasteiger partial charge in [0.25, 0.3) is 0 Å². The Morgan fingerprint density at radius 3 is 2.41 bits per heavy atom. The quantitative estimate of drug-likeness (QED) is 0.638. The molecule has 1 aliphatic rings. The monoisotopic (exact) mass is 398 g/mol. The van der Waals surface area contributed by atoms with Gasteiger partial charge in [0.05, 0.1) is 5.75 Å². The molecule has 0 atom stereocenters. The lowest BCUT2D eigenvalue weighted by Gasteiger charge is -2.30. The zero-order valence-electron chi connectivity index (χ0n) is 15.4. The Bertz CT molecular complexity index is 740. The summed E-state index contributed by atoms with van der Waals surface area (Å²) in [6.07, 6.45) is 1.73. The van der Waals surface area contributed by atoms with E-state index in [0.29, 0.717) is 44.6 Å². The summed E-state index contributed by atoms with van der Waals surface area (Å²) in [6, 6.07) is 7.06. The molecule has 0 saturated carbocycles. The number of carbonyl (C=O) groups is 2. The maximum Gasteiger partial charge on any atom is 0.341 e. The summed E-state index contributed by atoms with van der Waals surface area (Å²) in [4.78, 5) is 22.7. The van der Waals surface area contributed by atoms with Crippen LogP contribution in [0.25, 0.3) is 0 Å². The molecule has 1 saturated heterocycles. The summed E-state index contributed by atoms with van der Waals surface area (Å²) >= 11 is 0. The second-order valence-electron chi connectivity index (χ2n) is 6.44. The van der Waals surface area contributed by atoms with Gasteiger partial charge >= 0.3 is 5.97 Å². The van der Waals surface area contributed by atoms with E-state index < -0.39 is 16.0 Å². The molecular formula is C18H26N2O6S. The predicted octanol–water partition coefficient (Wildman–Crippen LogP) is 0.870. The van der Waals surface area contributed by atoms with Gasteiger partial charge in [-0.3, -0.25) is 4.79 Å². The molecule has 0 aliphatic carbocycles. The van der Waals surface area contributed by atoms with Gasteiger partial charge in [-0.15, -0.1) is 0 Å². The molecule has 150 valence electrons. The van der Waals surface area contributed by atoms with Crippen molar-refractivity contribution >= 4 is 21.9 Å². The van der Waals surface area contributed by atoms with Crippen molar-refractivity contribution in [3.8, 4) is 5.75 Å². The summed E-state index contributed by atoms with van der Waals surface area (Å²) < 4.78 is 30.2. The number of aliphatic carboxylic acids is 1. The van der Waals surface area contributed by atoms with E-state index in [-0.39, 0.29) is 24.2 Å². The average Bonchev–Trinajstić information content (AvgIpc) is 2.67. The molecule has 1 aromatic rings. The third kappa shape index (κ3) is 6.51. The van der Waals surface area contributed by atoms with Crippen LogP contribution in [0.3, 0.4) is 0 Å². The Hall–Kier alpha value is -2.13. The molecule has 0 spiro atoms. The standard InChI is InChI=1S/C18H26N2O6S/c1-2-27(24,25)20-11-8-15(9-12-20)18(23)19-10-7-14-3-5-16(6-4-14)26-13-17(21)22/h3-6,15H,2,7-13H2,1H3,(H,19,23)(H,21,22). The minimum Gasteiger partial charge on any atom is -0.482 e. The lowest BCUT2D eigenvalue weighted by atomic mass is 9.97. The van der Waals surface area contributed by atoms with Gasteiger partial charge in [0.1, 0.15) is 5.75 Å². The number of ether oxygens (including phenoxy) is 1. The fourth-order valence-electron chi connectivity index (χ4n) is 2.95. The topological polar surface area (TPSA) is 113 Å². The van der Waals surface area contributed by atoms with Crippen LogP contribution in [-0.4, -0.2) is 61.7 Å². The van der Waals surface area contributed by atoms with Crippen molar-refractivity contribution in [1.82, 2.24) is 9.62 Å². The second-order valence-corrected chi connectivity index (χ2v) is 8.70. The second kappa shape index (κ2) is 9.70. The molecule has 8 nitrogen and oxygen atoms in total. The fourth-order valence-corrected chi connectivity index (χ4v) is 4.08. The summed E-state index contributed by atoms with van der Waals surface area (Å²) in [6.45, 7) is 2.52. The number of carboxylic acid groups (broad SMARTS) is 1. The molecule has 0 unspecified atom stereocenters. The first-order valence-corrected chi connectivity index (χ1v) is 10.6. The third-order valence-corrected chi connectivity index (χ3v) is 6.46. The van der Waals surface area contributed by atoms with E-state index >= 15 is 0 Å². The van der Waals surface area contributed by atoms with Crippen molar-refractivity contribution in [1.29, 1.82) is 0 Å². The van der Waals surface area contributed by atoms with Crippen LogP contribution in [0.1, 0.15) is 25.3 Å². The van der Waals surface area contributed by atoms with E-state index in [4.69, 9.17) is 9.84 Å². The summed E-state index contributed by atoms with van der Waals surface area (Å²) in [5.74, 6) is -0.645. The van der Waals surface area contributed by atoms with E-state index in [1.54, 1.807) is 19.1 Å². The van der Waals surface area contributed by atoms with Crippen LogP contribution < -0.4 is 10.1 Å². The molecule has 1 heterocycles. The Morgan fingerprint density at radius 2 is 1.85 bits per heavy atom. The van der Waals surface area contributed by atoms with Gasteiger partial charge in [0.2, 0.25) is 15.9 Å². The van der Waals surface area contributed by atoms with Crippen LogP contribution in [0.4, 0.5) is 0 Å². The van der Waals surface area contributed by atoms with Gasteiger partial charge in [-0.25, -0.2) is 17.5 Å². The fraction of sp³-hybridized carbons (Fsp3) is 0.556. The van der Waals surface area contributed by atoms with Crippen molar-refractivity contribution < 1.29 is 27.9 Å². The first-order valence-electron chi connectivity index (χ1n) is 9.01. The van der Waals surface area contributed by atoms with Gasteiger partial charge in [0, 0.05) is 25.6 Å². The number of sulfonamides is 1. The SMILES string of the molecule is CCS(=O)(=O)N1CCC(C(=O)NCCc2ccc(OCC(=O)O)cc2)CC1. The lowest BCUT2D eigenvalue weighted by molar-refractivity contribution is -0.139. The molecule has 9 heteroatoms. The molecule has 0 bridgehead atoms. The molecule has 0 radical (unpaired) electrons. The van der Waals surface area contributed by atoms with Gasteiger partial charge in [-0.1, -0.05) is 12.1 Å². The van der Waals surface area contributed by atoms with Crippen molar-refractivity contribution in [2.75, 3.05) is 32.0 Å². The van der Waals surface area contributed by atoms with Crippen LogP contribution in [0.15, 0.2) is 24.3 Å². The molecule has 27 heavy (non-hydrogen) atoms. The van der Waals surface area contributed by atoms with Gasteiger partial charge in [0.15, 0.2) is 6.61 Å². The number of hydrogen-bond donors (Lipinski definition) is 2. The van der Waals surface area contributed by atoms with Gasteiger partial charge in [-0.05, 0) is 43.9 Å². The van der Waals surface area contributed by atoms with Crippen molar-refractivity contribution in [3.63, 3.8) is 0 Å². The average molecular weight is 398 g/mol. The lowest BCUT2D eigenvalue weighted by Crippen LogP contribution is -2.43. The maximum atomic E-state index is 12.3. The molecule has 1 fully saturated rings. The number of carboxylic acids is 1. The molecule has 0 aromatic heterocycles. The number of piperidine rings is 1. The van der Waals surface area contributed by atoms with Crippen LogP contribution >= 0.6 is 0 Å². The third-order valence-electron chi connectivity index (χ3n) is 4.58. The van der Waals surface area contributed by atoms with E-state index in [0.717, 1.165) is 5.56 Å². The largest absolute Gasteiger partial charge is 0.482 e. The Kier molecular flexibility index (Phi) is 7.61. The zero-order valence-corrected chi connectivity index (χ0v) is 16.2. The number of carbonyl (C=O) groups excluding carboxylic acids is 1. The van der Waals surface area contributed by atoms with E-state index in [2.05, 4.69) is 5.32 Å². The highest BCUT2D eigenvalue weighted by Crippen LogP contribution is 2.20. The molecule has 2 rings (SSSR count). The first-order chi connectivity index (χ1) is 12.8. The van der Waals surface area contributed by atoms with Crippen LogP contribution in [0, 0.1) is 5.92 Å². The first kappa shape index (κ1) is 21.2. The van der Waals surface area contributed by atoms with E-state index in [1.807, 2.05) is 12.1 Å². The molecule has 1 amide bonds. The molecule has 1 aliphatic heterocycles. The minimum atomic E-state index is -3.18. The molecule has 1 aromatic carbocycles. The van der Waals surface area contributed by atoms with E-state index in [9.17, 15) is 18.0 Å². The number of rotatable bonds is 9. The van der Waals surface area contributed by atoms with Gasteiger partial charge < -0.3 is 15.2 Å². The zero-order chi connectivity index (χ0) is 19.9. The van der Waals surface area contributed by atoms with Crippen LogP contribution in [0.2, 0.25) is 0 Å². The Balaban J connectivity index is 1.71. The predicted molar refractivity (Wildman–Crippen MR) is 100 cm³/mol. The number of hydrogen-bond acceptors (Lipinski definition) is 5. The number of nitrogens with zero attached hydrogens (tertiary/aromatic N) is 1. The summed E-state index contributed by atoms with van der Waals surface area (Å²) in [5.41, 5.74) is 1.00. The van der Waals surface area contributed by atoms with Crippen LogP contribution in [0.5, 0.6) is 5.75 Å². The Labute approximate surface area is 159 Å². The van der Waals surface area contributed by atoms with Crippen molar-refractivity contribution in [2.45, 2.75) is 26.2 Å². The normalized spacial score (nSPS) is 16.0. The highest BCUT2D eigenvalue weighted by molar-refractivity contribution is 7.89. The van der Waals surface area contributed by atoms with Crippen molar-refractivity contribution in [2.24, 2.45) is 5.92 Å². The Morgan fingerprint density at radius 1 is 1.22 bits per heavy atom. The van der Waals surface area contributed by atoms with Gasteiger partial charge in [-0.2, -0.15) is 0 Å². The molecular weight excluding hydrogens is 372 g/mol. The highest BCUT2D eigenvalue weighted by Gasteiger charge is 2.29. The number of nitrogens with one attached hydrogen (secondary N) is 1. The number of amides is 1. The van der Waals surface area contributed by atoms with Crippen LogP contribution in [-0.2, 0) is 26.0 Å². The number of benzene rings is 1. The molecule has 2 N–H and O–H groups in total. The smallest absolute Gasteiger partial charge is 0.341 e. The maximum absolute atomic E-state index is 12.3. The minimum absolute atomic E-state index is 0.0371. The summed E-state index contributed by atoms with van der Waals surface area (Å²) in [5, 5.41) is 11.5. The highest BCUT2D eigenvalue weighted by atomic mass is 32.2. The van der Waals surface area contributed by atoms with E-state index in [1.165, 1.54) is 4.31 Å².